The molecule has 2 aromatic heterocycles. The van der Waals surface area contributed by atoms with Crippen molar-refractivity contribution >= 4 is 5.95 Å². The van der Waals surface area contributed by atoms with Crippen LogP contribution in [-0.4, -0.2) is 29.9 Å². The van der Waals surface area contributed by atoms with Gasteiger partial charge in [0, 0.05) is 13.0 Å². The summed E-state index contributed by atoms with van der Waals surface area (Å²) in [6, 6.07) is 0. The highest BCUT2D eigenvalue weighted by molar-refractivity contribution is 5.45. The van der Waals surface area contributed by atoms with E-state index >= 15 is 0 Å². The van der Waals surface area contributed by atoms with Gasteiger partial charge in [-0.2, -0.15) is 4.98 Å². The quantitative estimate of drug-likeness (QED) is 0.715. The van der Waals surface area contributed by atoms with E-state index in [1.165, 1.54) is 0 Å². The van der Waals surface area contributed by atoms with Gasteiger partial charge in [-0.25, -0.2) is 0 Å². The lowest BCUT2D eigenvalue weighted by Gasteiger charge is -2.19. The van der Waals surface area contributed by atoms with Crippen LogP contribution in [0.4, 0.5) is 5.95 Å². The number of nitrogens with two attached hydrogens (primary N) is 1. The van der Waals surface area contributed by atoms with E-state index in [0.29, 0.717) is 11.7 Å². The standard InChI is InChI=1S/C9H13N7/c1-5-2-3-16-6(4-5)12-14-8(16)7-11-9(10)15-13-7/h5H,2-4H2,1H3,(H3,10,11,13,15). The first-order valence-corrected chi connectivity index (χ1v) is 5.34. The Hall–Kier alpha value is -1.92. The fraction of sp³-hybridized carbons (Fsp3) is 0.556. The first-order chi connectivity index (χ1) is 7.74. The smallest absolute Gasteiger partial charge is 0.239 e. The van der Waals surface area contributed by atoms with Gasteiger partial charge in [0.1, 0.15) is 5.82 Å². The molecule has 0 fully saturated rings. The zero-order chi connectivity index (χ0) is 11.1. The summed E-state index contributed by atoms with van der Waals surface area (Å²) in [6.45, 7) is 3.16. The van der Waals surface area contributed by atoms with Crippen molar-refractivity contribution in [3.63, 3.8) is 0 Å². The number of hydrogen-bond donors (Lipinski definition) is 2. The number of nitrogens with zero attached hydrogens (tertiary/aromatic N) is 5. The topological polar surface area (TPSA) is 98.3 Å². The fourth-order valence-electron chi connectivity index (χ4n) is 2.03. The second-order valence-corrected chi connectivity index (χ2v) is 4.23. The Labute approximate surface area is 92.1 Å². The van der Waals surface area contributed by atoms with Crippen LogP contribution in [-0.2, 0) is 13.0 Å². The molecule has 1 aliphatic rings. The average Bonchev–Trinajstić information content (AvgIpc) is 2.83. The molecule has 0 saturated carbocycles. The first kappa shape index (κ1) is 9.32. The van der Waals surface area contributed by atoms with E-state index in [-0.39, 0.29) is 5.95 Å². The number of nitrogens with one attached hydrogen (secondary N) is 1. The van der Waals surface area contributed by atoms with Crippen molar-refractivity contribution in [2.45, 2.75) is 26.3 Å². The second kappa shape index (κ2) is 3.29. The molecule has 1 aliphatic heterocycles. The third-order valence-electron chi connectivity index (χ3n) is 2.92. The Bertz CT molecular complexity index is 512. The fourth-order valence-corrected chi connectivity index (χ4v) is 2.03. The van der Waals surface area contributed by atoms with E-state index < -0.39 is 0 Å². The number of rotatable bonds is 1. The van der Waals surface area contributed by atoms with E-state index in [9.17, 15) is 0 Å². The number of hydrogen-bond acceptors (Lipinski definition) is 5. The lowest BCUT2D eigenvalue weighted by molar-refractivity contribution is 0.411. The van der Waals surface area contributed by atoms with Gasteiger partial charge in [0.2, 0.25) is 11.8 Å². The average molecular weight is 219 g/mol. The van der Waals surface area contributed by atoms with Crippen LogP contribution in [0.25, 0.3) is 11.6 Å². The number of aromatic amines is 1. The van der Waals surface area contributed by atoms with Gasteiger partial charge in [0.05, 0.1) is 0 Å². The third-order valence-corrected chi connectivity index (χ3v) is 2.92. The van der Waals surface area contributed by atoms with E-state index in [1.807, 2.05) is 0 Å². The number of anilines is 1. The predicted molar refractivity (Wildman–Crippen MR) is 57.3 cm³/mol. The van der Waals surface area contributed by atoms with Crippen molar-refractivity contribution in [2.75, 3.05) is 5.73 Å². The highest BCUT2D eigenvalue weighted by Crippen LogP contribution is 2.23. The van der Waals surface area contributed by atoms with Gasteiger partial charge in [0.15, 0.2) is 5.82 Å². The molecule has 0 radical (unpaired) electrons. The van der Waals surface area contributed by atoms with Crippen LogP contribution in [0.3, 0.4) is 0 Å². The monoisotopic (exact) mass is 219 g/mol. The Morgan fingerprint density at radius 3 is 3.06 bits per heavy atom. The maximum absolute atomic E-state index is 5.47. The van der Waals surface area contributed by atoms with Crippen molar-refractivity contribution in [2.24, 2.45) is 5.92 Å². The Kier molecular flexibility index (Phi) is 1.92. The van der Waals surface area contributed by atoms with Gasteiger partial charge >= 0.3 is 0 Å². The molecule has 7 nitrogen and oxygen atoms in total. The Morgan fingerprint density at radius 1 is 1.44 bits per heavy atom. The minimum absolute atomic E-state index is 0.233. The minimum atomic E-state index is 0.233. The molecule has 7 heteroatoms. The van der Waals surface area contributed by atoms with Crippen LogP contribution < -0.4 is 5.73 Å². The largest absolute Gasteiger partial charge is 0.366 e. The molecule has 0 aromatic carbocycles. The third kappa shape index (κ3) is 1.36. The molecular formula is C9H13N7. The highest BCUT2D eigenvalue weighted by atomic mass is 15.3. The summed E-state index contributed by atoms with van der Waals surface area (Å²) in [5, 5.41) is 14.9. The molecule has 3 N–H and O–H groups in total. The highest BCUT2D eigenvalue weighted by Gasteiger charge is 2.22. The van der Waals surface area contributed by atoms with Gasteiger partial charge in [-0.05, 0) is 12.3 Å². The number of aromatic nitrogens is 6. The molecule has 0 amide bonds. The summed E-state index contributed by atoms with van der Waals surface area (Å²) in [6.07, 6.45) is 2.11. The van der Waals surface area contributed by atoms with E-state index in [0.717, 1.165) is 31.0 Å². The molecule has 3 heterocycles. The summed E-state index contributed by atoms with van der Waals surface area (Å²) in [5.74, 6) is 3.24. The van der Waals surface area contributed by atoms with E-state index in [1.54, 1.807) is 0 Å². The van der Waals surface area contributed by atoms with Crippen LogP contribution >= 0.6 is 0 Å². The molecule has 0 saturated heterocycles. The van der Waals surface area contributed by atoms with Crippen LogP contribution in [0, 0.1) is 5.92 Å². The van der Waals surface area contributed by atoms with Gasteiger partial charge in [-0.15, -0.1) is 15.3 Å². The van der Waals surface area contributed by atoms with Crippen molar-refractivity contribution in [1.82, 2.24) is 29.9 Å². The van der Waals surface area contributed by atoms with Crippen LogP contribution in [0.2, 0.25) is 0 Å². The summed E-state index contributed by atoms with van der Waals surface area (Å²) < 4.78 is 2.08. The molecule has 84 valence electrons. The van der Waals surface area contributed by atoms with Crippen molar-refractivity contribution in [3.8, 4) is 11.6 Å². The Morgan fingerprint density at radius 2 is 2.31 bits per heavy atom. The van der Waals surface area contributed by atoms with Crippen LogP contribution in [0.1, 0.15) is 19.2 Å². The molecule has 0 spiro atoms. The summed E-state index contributed by atoms with van der Waals surface area (Å²) in [5.41, 5.74) is 5.47. The SMILES string of the molecule is CC1CCn2c(nnc2-c2nc(N)n[nH]2)C1. The molecule has 16 heavy (non-hydrogen) atoms. The molecule has 1 atom stereocenters. The molecule has 0 aliphatic carbocycles. The van der Waals surface area contributed by atoms with Crippen molar-refractivity contribution < 1.29 is 0 Å². The van der Waals surface area contributed by atoms with Gasteiger partial charge in [0.25, 0.3) is 0 Å². The van der Waals surface area contributed by atoms with Gasteiger partial charge in [-0.3, -0.25) is 5.10 Å². The number of nitrogen functional groups attached to an aromatic ring is 1. The van der Waals surface area contributed by atoms with Gasteiger partial charge in [-0.1, -0.05) is 6.92 Å². The molecule has 3 rings (SSSR count). The molecule has 0 bridgehead atoms. The lowest BCUT2D eigenvalue weighted by atomic mass is 10.0. The van der Waals surface area contributed by atoms with Crippen LogP contribution in [0.5, 0.6) is 0 Å². The molecule has 2 aromatic rings. The van der Waals surface area contributed by atoms with Crippen molar-refractivity contribution in [3.05, 3.63) is 5.82 Å². The molecular weight excluding hydrogens is 206 g/mol. The van der Waals surface area contributed by atoms with E-state index in [2.05, 4.69) is 36.9 Å². The van der Waals surface area contributed by atoms with Crippen molar-refractivity contribution in [1.29, 1.82) is 0 Å². The predicted octanol–water partition coefficient (Wildman–Crippen LogP) is 0.228. The number of H-pyrrole nitrogens is 1. The molecule has 1 unspecified atom stereocenters. The second-order valence-electron chi connectivity index (χ2n) is 4.23. The minimum Gasteiger partial charge on any atom is -0.366 e. The maximum atomic E-state index is 5.47. The van der Waals surface area contributed by atoms with E-state index in [4.69, 9.17) is 5.73 Å². The van der Waals surface area contributed by atoms with Crippen LogP contribution in [0.15, 0.2) is 0 Å². The number of fused-ring (bicyclic) bond motifs is 1. The zero-order valence-corrected chi connectivity index (χ0v) is 9.01. The Balaban J connectivity index is 2.03. The summed E-state index contributed by atoms with van der Waals surface area (Å²) >= 11 is 0. The lowest BCUT2D eigenvalue weighted by Crippen LogP contribution is -2.18. The first-order valence-electron chi connectivity index (χ1n) is 5.34. The normalized spacial score (nSPS) is 19.7. The summed E-state index contributed by atoms with van der Waals surface area (Å²) in [7, 11) is 0. The zero-order valence-electron chi connectivity index (χ0n) is 9.01. The summed E-state index contributed by atoms with van der Waals surface area (Å²) in [4.78, 5) is 4.07. The maximum Gasteiger partial charge on any atom is 0.239 e. The van der Waals surface area contributed by atoms with Gasteiger partial charge < -0.3 is 10.3 Å².